The van der Waals surface area contributed by atoms with Crippen LogP contribution in [0.25, 0.3) is 0 Å². The van der Waals surface area contributed by atoms with Gasteiger partial charge in [-0.2, -0.15) is 0 Å². The van der Waals surface area contributed by atoms with E-state index in [1.165, 1.54) is 18.2 Å². The van der Waals surface area contributed by atoms with Gasteiger partial charge in [0.05, 0.1) is 0 Å². The van der Waals surface area contributed by atoms with Gasteiger partial charge in [-0.15, -0.1) is 0 Å². The molecule has 0 fully saturated rings. The van der Waals surface area contributed by atoms with Crippen LogP contribution >= 0.6 is 0 Å². The number of aromatic hydroxyl groups is 1. The van der Waals surface area contributed by atoms with Crippen molar-refractivity contribution in [3.05, 3.63) is 23.8 Å². The molecule has 6 heteroatoms. The molecule has 1 aromatic carbocycles. The summed E-state index contributed by atoms with van der Waals surface area (Å²) < 4.78 is 0. The Morgan fingerprint density at radius 3 is 2.57 bits per heavy atom. The van der Waals surface area contributed by atoms with E-state index >= 15 is 0 Å². The molecule has 0 aliphatic heterocycles. The van der Waals surface area contributed by atoms with Crippen LogP contribution in [0.5, 0.6) is 5.75 Å². The molecular formula is C15H22N2O4. The minimum atomic E-state index is -1.21. The lowest BCUT2D eigenvalue weighted by Crippen LogP contribution is -2.15. The standard InChI is InChI=1S/C15H22N2O4/c1-2-10(7-8-16)3-6-14(19)17-11-4-5-12(15(20)21)13(18)9-11/h4-5,9-10,18H,2-3,6-8,16H2,1H3,(H,17,19)(H,20,21). The molecule has 0 spiro atoms. The number of carbonyl (C=O) groups excluding carboxylic acids is 1. The van der Waals surface area contributed by atoms with Crippen molar-refractivity contribution in [3.8, 4) is 5.75 Å². The molecule has 1 aromatic rings. The molecule has 0 heterocycles. The van der Waals surface area contributed by atoms with Crippen LogP contribution in [-0.2, 0) is 4.79 Å². The van der Waals surface area contributed by atoms with E-state index in [9.17, 15) is 14.7 Å². The topological polar surface area (TPSA) is 113 Å². The summed E-state index contributed by atoms with van der Waals surface area (Å²) >= 11 is 0. The van der Waals surface area contributed by atoms with E-state index in [-0.39, 0.29) is 17.2 Å². The maximum Gasteiger partial charge on any atom is 0.339 e. The van der Waals surface area contributed by atoms with Crippen molar-refractivity contribution in [2.75, 3.05) is 11.9 Å². The summed E-state index contributed by atoms with van der Waals surface area (Å²) in [7, 11) is 0. The molecule has 0 radical (unpaired) electrons. The van der Waals surface area contributed by atoms with Crippen molar-refractivity contribution in [2.45, 2.75) is 32.6 Å². The number of carboxylic acids is 1. The zero-order valence-corrected chi connectivity index (χ0v) is 12.1. The Bertz CT molecular complexity index is 502. The number of anilines is 1. The van der Waals surface area contributed by atoms with Crippen LogP contribution in [0.2, 0.25) is 0 Å². The fourth-order valence-electron chi connectivity index (χ4n) is 2.14. The van der Waals surface area contributed by atoms with Crippen LogP contribution in [0, 0.1) is 5.92 Å². The van der Waals surface area contributed by atoms with Crippen molar-refractivity contribution >= 4 is 17.6 Å². The monoisotopic (exact) mass is 294 g/mol. The maximum atomic E-state index is 11.8. The molecule has 6 nitrogen and oxygen atoms in total. The van der Waals surface area contributed by atoms with Gasteiger partial charge in [-0.05, 0) is 37.4 Å². The predicted octanol–water partition coefficient (Wildman–Crippen LogP) is 2.18. The van der Waals surface area contributed by atoms with Crippen molar-refractivity contribution < 1.29 is 19.8 Å². The summed E-state index contributed by atoms with van der Waals surface area (Å²) in [6, 6.07) is 3.95. The predicted molar refractivity (Wildman–Crippen MR) is 80.4 cm³/mol. The van der Waals surface area contributed by atoms with Gasteiger partial charge < -0.3 is 21.3 Å². The van der Waals surface area contributed by atoms with Crippen LogP contribution in [0.1, 0.15) is 43.0 Å². The highest BCUT2D eigenvalue weighted by atomic mass is 16.4. The van der Waals surface area contributed by atoms with Crippen molar-refractivity contribution in [1.82, 2.24) is 0 Å². The van der Waals surface area contributed by atoms with Crippen LogP contribution in [-0.4, -0.2) is 28.6 Å². The van der Waals surface area contributed by atoms with Crippen LogP contribution in [0.3, 0.4) is 0 Å². The number of rotatable bonds is 8. The molecule has 0 saturated heterocycles. The Morgan fingerprint density at radius 2 is 2.05 bits per heavy atom. The smallest absolute Gasteiger partial charge is 0.339 e. The average Bonchev–Trinajstić information content (AvgIpc) is 2.43. The summed E-state index contributed by atoms with van der Waals surface area (Å²) in [5, 5.41) is 21.0. The fourth-order valence-corrected chi connectivity index (χ4v) is 2.14. The normalized spacial score (nSPS) is 11.9. The molecule has 1 amide bonds. The maximum absolute atomic E-state index is 11.8. The van der Waals surface area contributed by atoms with Crippen LogP contribution < -0.4 is 11.1 Å². The van der Waals surface area contributed by atoms with E-state index in [2.05, 4.69) is 12.2 Å². The van der Waals surface area contributed by atoms with Gasteiger partial charge in [-0.3, -0.25) is 4.79 Å². The highest BCUT2D eigenvalue weighted by molar-refractivity contribution is 5.94. The van der Waals surface area contributed by atoms with Crippen LogP contribution in [0.4, 0.5) is 5.69 Å². The Hall–Kier alpha value is -2.08. The van der Waals surface area contributed by atoms with Gasteiger partial charge >= 0.3 is 5.97 Å². The van der Waals surface area contributed by atoms with E-state index < -0.39 is 5.97 Å². The summed E-state index contributed by atoms with van der Waals surface area (Å²) in [5.74, 6) is -1.30. The highest BCUT2D eigenvalue weighted by Gasteiger charge is 2.12. The lowest BCUT2D eigenvalue weighted by Gasteiger charge is -2.13. The van der Waals surface area contributed by atoms with E-state index in [0.717, 1.165) is 19.3 Å². The van der Waals surface area contributed by atoms with Crippen molar-refractivity contribution in [2.24, 2.45) is 11.7 Å². The summed E-state index contributed by atoms with van der Waals surface area (Å²) in [4.78, 5) is 22.6. The fraction of sp³-hybridized carbons (Fsp3) is 0.467. The highest BCUT2D eigenvalue weighted by Crippen LogP contribution is 2.22. The van der Waals surface area contributed by atoms with Crippen molar-refractivity contribution in [1.29, 1.82) is 0 Å². The number of phenols is 1. The number of hydrogen-bond acceptors (Lipinski definition) is 4. The quantitative estimate of drug-likeness (QED) is 0.587. The van der Waals surface area contributed by atoms with Gasteiger partial charge in [-0.1, -0.05) is 13.3 Å². The SMILES string of the molecule is CCC(CCN)CCC(=O)Nc1ccc(C(=O)O)c(O)c1. The second-order valence-electron chi connectivity index (χ2n) is 4.98. The molecule has 0 bridgehead atoms. The van der Waals surface area contributed by atoms with Gasteiger partial charge in [0.25, 0.3) is 0 Å². The number of aromatic carboxylic acids is 1. The molecule has 0 aromatic heterocycles. The summed E-state index contributed by atoms with van der Waals surface area (Å²) in [6.45, 7) is 2.69. The molecular weight excluding hydrogens is 272 g/mol. The van der Waals surface area contributed by atoms with E-state index in [1.807, 2.05) is 0 Å². The minimum absolute atomic E-state index is 0.159. The first-order chi connectivity index (χ1) is 9.97. The minimum Gasteiger partial charge on any atom is -0.507 e. The molecule has 0 aliphatic rings. The first kappa shape index (κ1) is 17.0. The van der Waals surface area contributed by atoms with E-state index in [0.29, 0.717) is 24.6 Å². The molecule has 1 rings (SSSR count). The number of carbonyl (C=O) groups is 2. The second kappa shape index (κ2) is 8.26. The van der Waals surface area contributed by atoms with Gasteiger partial charge in [-0.25, -0.2) is 4.79 Å². The Morgan fingerprint density at radius 1 is 1.33 bits per heavy atom. The largest absolute Gasteiger partial charge is 0.507 e. The van der Waals surface area contributed by atoms with Gasteiger partial charge in [0.15, 0.2) is 0 Å². The molecule has 116 valence electrons. The van der Waals surface area contributed by atoms with E-state index in [1.54, 1.807) is 0 Å². The number of nitrogens with two attached hydrogens (primary N) is 1. The third-order valence-electron chi connectivity index (χ3n) is 3.44. The average molecular weight is 294 g/mol. The van der Waals surface area contributed by atoms with Crippen LogP contribution in [0.15, 0.2) is 18.2 Å². The molecule has 5 N–H and O–H groups in total. The number of carboxylic acid groups (broad SMARTS) is 1. The zero-order chi connectivity index (χ0) is 15.8. The van der Waals surface area contributed by atoms with Gasteiger partial charge in [0.1, 0.15) is 11.3 Å². The molecule has 1 atom stereocenters. The third-order valence-corrected chi connectivity index (χ3v) is 3.44. The molecule has 0 aliphatic carbocycles. The number of benzene rings is 1. The first-order valence-electron chi connectivity index (χ1n) is 7.04. The number of nitrogens with one attached hydrogen (secondary N) is 1. The Balaban J connectivity index is 2.55. The summed E-state index contributed by atoms with van der Waals surface area (Å²) in [6.07, 6.45) is 3.02. The lowest BCUT2D eigenvalue weighted by molar-refractivity contribution is -0.116. The number of hydrogen-bond donors (Lipinski definition) is 4. The number of amides is 1. The first-order valence-corrected chi connectivity index (χ1v) is 7.04. The zero-order valence-electron chi connectivity index (χ0n) is 12.1. The molecule has 0 saturated carbocycles. The summed E-state index contributed by atoms with van der Waals surface area (Å²) in [5.41, 5.74) is 5.70. The van der Waals surface area contributed by atoms with Gasteiger partial charge in [0.2, 0.25) is 5.91 Å². The third kappa shape index (κ3) is 5.43. The molecule has 1 unspecified atom stereocenters. The van der Waals surface area contributed by atoms with E-state index in [4.69, 9.17) is 10.8 Å². The van der Waals surface area contributed by atoms with Crippen molar-refractivity contribution in [3.63, 3.8) is 0 Å². The Kier molecular flexibility index (Phi) is 6.68. The Labute approximate surface area is 124 Å². The lowest BCUT2D eigenvalue weighted by atomic mass is 9.96. The molecule has 21 heavy (non-hydrogen) atoms. The second-order valence-corrected chi connectivity index (χ2v) is 4.98. The van der Waals surface area contributed by atoms with Gasteiger partial charge in [0, 0.05) is 18.2 Å².